The molecule has 1 aromatic rings. The molecule has 3 aliphatic heterocycles. The summed E-state index contributed by atoms with van der Waals surface area (Å²) in [6.45, 7) is 3.81. The molecule has 0 saturated carbocycles. The van der Waals surface area contributed by atoms with Crippen molar-refractivity contribution in [3.05, 3.63) is 18.2 Å². The molecular weight excluding hydrogens is 412 g/mol. The maximum Gasteiger partial charge on any atom is 0.325 e. The Morgan fingerprint density at radius 2 is 1.80 bits per heavy atom. The Morgan fingerprint density at radius 1 is 1.07 bits per heavy atom. The zero-order chi connectivity index (χ0) is 21.1. The van der Waals surface area contributed by atoms with Gasteiger partial charge < -0.3 is 14.8 Å². The number of amides is 3. The second-order valence-electron chi connectivity index (χ2n) is 7.73. The molecule has 164 valence electrons. The van der Waals surface area contributed by atoms with Gasteiger partial charge >= 0.3 is 6.03 Å². The van der Waals surface area contributed by atoms with Crippen LogP contribution >= 0.6 is 0 Å². The number of imide groups is 1. The third-order valence-corrected chi connectivity index (χ3v) is 7.30. The van der Waals surface area contributed by atoms with E-state index in [1.54, 1.807) is 18.2 Å². The molecule has 1 atom stereocenters. The summed E-state index contributed by atoms with van der Waals surface area (Å²) in [4.78, 5) is 28.5. The van der Waals surface area contributed by atoms with Gasteiger partial charge in [0.15, 0.2) is 21.3 Å². The second-order valence-corrected chi connectivity index (χ2v) is 9.96. The number of sulfone groups is 1. The summed E-state index contributed by atoms with van der Waals surface area (Å²) in [7, 11) is -2.90. The summed E-state index contributed by atoms with van der Waals surface area (Å²) in [6.07, 6.45) is 0.683. The van der Waals surface area contributed by atoms with E-state index in [4.69, 9.17) is 9.47 Å². The molecule has 10 nitrogen and oxygen atoms in total. The summed E-state index contributed by atoms with van der Waals surface area (Å²) in [5, 5.41) is 4.96. The van der Waals surface area contributed by atoms with Crippen molar-refractivity contribution in [2.45, 2.75) is 12.5 Å². The minimum Gasteiger partial charge on any atom is -0.486 e. The van der Waals surface area contributed by atoms with Crippen LogP contribution in [-0.4, -0.2) is 93.6 Å². The SMILES string of the molecule is O=C(CN1CCN(C2CCS(=O)(=O)C2)CC1)NC(=O)Nc1ccc2c(c1)OCCO2. The van der Waals surface area contributed by atoms with Crippen LogP contribution in [0.25, 0.3) is 0 Å². The lowest BCUT2D eigenvalue weighted by molar-refractivity contribution is -0.121. The molecule has 0 spiro atoms. The summed E-state index contributed by atoms with van der Waals surface area (Å²) in [6, 6.07) is 4.52. The Bertz CT molecular complexity index is 914. The molecule has 1 unspecified atom stereocenters. The first-order valence-electron chi connectivity index (χ1n) is 10.1. The van der Waals surface area contributed by atoms with E-state index < -0.39 is 15.9 Å². The molecule has 30 heavy (non-hydrogen) atoms. The van der Waals surface area contributed by atoms with Crippen molar-refractivity contribution in [3.8, 4) is 11.5 Å². The zero-order valence-electron chi connectivity index (χ0n) is 16.6. The predicted molar refractivity (Wildman–Crippen MR) is 110 cm³/mol. The van der Waals surface area contributed by atoms with Gasteiger partial charge in [0, 0.05) is 44.0 Å². The van der Waals surface area contributed by atoms with Crippen molar-refractivity contribution in [1.82, 2.24) is 15.1 Å². The van der Waals surface area contributed by atoms with Gasteiger partial charge in [-0.15, -0.1) is 0 Å². The van der Waals surface area contributed by atoms with Gasteiger partial charge in [0.05, 0.1) is 18.1 Å². The van der Waals surface area contributed by atoms with Crippen LogP contribution < -0.4 is 20.1 Å². The first-order valence-corrected chi connectivity index (χ1v) is 11.9. The molecule has 0 radical (unpaired) electrons. The van der Waals surface area contributed by atoms with E-state index >= 15 is 0 Å². The Labute approximate surface area is 175 Å². The maximum atomic E-state index is 12.2. The fraction of sp³-hybridized carbons (Fsp3) is 0.579. The van der Waals surface area contributed by atoms with Gasteiger partial charge in [-0.3, -0.25) is 19.9 Å². The molecule has 2 saturated heterocycles. The average Bonchev–Trinajstić information content (AvgIpc) is 3.08. The molecule has 2 fully saturated rings. The van der Waals surface area contributed by atoms with Gasteiger partial charge in [-0.2, -0.15) is 0 Å². The van der Waals surface area contributed by atoms with Crippen molar-refractivity contribution in [2.75, 3.05) is 62.8 Å². The molecule has 0 bridgehead atoms. The number of anilines is 1. The topological polar surface area (TPSA) is 117 Å². The number of nitrogens with one attached hydrogen (secondary N) is 2. The van der Waals surface area contributed by atoms with Gasteiger partial charge in [0.2, 0.25) is 5.91 Å². The molecular formula is C19H26N4O6S. The Morgan fingerprint density at radius 3 is 2.50 bits per heavy atom. The number of urea groups is 1. The molecule has 1 aromatic carbocycles. The fourth-order valence-corrected chi connectivity index (χ4v) is 5.76. The number of rotatable bonds is 4. The normalized spacial score (nSPS) is 23.7. The van der Waals surface area contributed by atoms with E-state index in [0.29, 0.717) is 49.9 Å². The Balaban J connectivity index is 1.20. The van der Waals surface area contributed by atoms with Crippen molar-refractivity contribution >= 4 is 27.5 Å². The average molecular weight is 439 g/mol. The highest BCUT2D eigenvalue weighted by Gasteiger charge is 2.33. The predicted octanol–water partition coefficient (Wildman–Crippen LogP) is -0.0894. The molecule has 3 amide bonds. The standard InChI is InChI=1S/C19H26N4O6S/c24-18(12-22-4-6-23(7-5-22)15-3-10-30(26,27)13-15)21-19(25)20-14-1-2-16-17(11-14)29-9-8-28-16/h1-2,11,15H,3-10,12-13H2,(H2,20,21,24,25). The minimum atomic E-state index is -2.90. The van der Waals surface area contributed by atoms with Crippen LogP contribution in [0.4, 0.5) is 10.5 Å². The lowest BCUT2D eigenvalue weighted by atomic mass is 10.2. The quantitative estimate of drug-likeness (QED) is 0.670. The number of carbonyl (C=O) groups excluding carboxylic acids is 2. The van der Waals surface area contributed by atoms with Crippen LogP contribution in [0.3, 0.4) is 0 Å². The highest BCUT2D eigenvalue weighted by Crippen LogP contribution is 2.32. The van der Waals surface area contributed by atoms with Crippen LogP contribution in [0.15, 0.2) is 18.2 Å². The first kappa shape index (κ1) is 20.9. The number of ether oxygens (including phenoxy) is 2. The van der Waals surface area contributed by atoms with Crippen LogP contribution in [0.1, 0.15) is 6.42 Å². The van der Waals surface area contributed by atoms with Crippen LogP contribution in [0.5, 0.6) is 11.5 Å². The first-order chi connectivity index (χ1) is 14.4. The van der Waals surface area contributed by atoms with Crippen molar-refractivity contribution in [1.29, 1.82) is 0 Å². The smallest absolute Gasteiger partial charge is 0.325 e. The number of fused-ring (bicyclic) bond motifs is 1. The van der Waals surface area contributed by atoms with Crippen LogP contribution in [0.2, 0.25) is 0 Å². The minimum absolute atomic E-state index is 0.0859. The lowest BCUT2D eigenvalue weighted by Gasteiger charge is -2.37. The van der Waals surface area contributed by atoms with Gasteiger partial charge in [0.25, 0.3) is 0 Å². The number of piperazine rings is 1. The van der Waals surface area contributed by atoms with E-state index in [-0.39, 0.29) is 30.0 Å². The van der Waals surface area contributed by atoms with Crippen molar-refractivity contribution in [3.63, 3.8) is 0 Å². The van der Waals surface area contributed by atoms with Crippen LogP contribution in [0, 0.1) is 0 Å². The van der Waals surface area contributed by atoms with E-state index in [0.717, 1.165) is 13.1 Å². The Kier molecular flexibility index (Phi) is 6.11. The van der Waals surface area contributed by atoms with Gasteiger partial charge in [-0.1, -0.05) is 0 Å². The Hall–Kier alpha value is -2.37. The lowest BCUT2D eigenvalue weighted by Crippen LogP contribution is -2.53. The monoisotopic (exact) mass is 438 g/mol. The van der Waals surface area contributed by atoms with Crippen LogP contribution in [-0.2, 0) is 14.6 Å². The zero-order valence-corrected chi connectivity index (χ0v) is 17.4. The highest BCUT2D eigenvalue weighted by atomic mass is 32.2. The van der Waals surface area contributed by atoms with Crippen molar-refractivity contribution < 1.29 is 27.5 Å². The van der Waals surface area contributed by atoms with Gasteiger partial charge in [-0.05, 0) is 18.6 Å². The molecule has 0 aromatic heterocycles. The molecule has 3 heterocycles. The summed E-state index contributed by atoms with van der Waals surface area (Å²) in [5.41, 5.74) is 0.504. The van der Waals surface area contributed by atoms with E-state index in [1.165, 1.54) is 0 Å². The highest BCUT2D eigenvalue weighted by molar-refractivity contribution is 7.91. The summed E-state index contributed by atoms with van der Waals surface area (Å²) >= 11 is 0. The molecule has 3 aliphatic rings. The fourth-order valence-electron chi connectivity index (χ4n) is 4.00. The van der Waals surface area contributed by atoms with E-state index in [2.05, 4.69) is 15.5 Å². The second kappa shape index (κ2) is 8.78. The summed E-state index contributed by atoms with van der Waals surface area (Å²) < 4.78 is 34.2. The van der Waals surface area contributed by atoms with Crippen molar-refractivity contribution in [2.24, 2.45) is 0 Å². The van der Waals surface area contributed by atoms with Gasteiger partial charge in [0.1, 0.15) is 13.2 Å². The largest absolute Gasteiger partial charge is 0.486 e. The maximum absolute atomic E-state index is 12.2. The summed E-state index contributed by atoms with van der Waals surface area (Å²) in [5.74, 6) is 1.28. The van der Waals surface area contributed by atoms with E-state index in [9.17, 15) is 18.0 Å². The van der Waals surface area contributed by atoms with E-state index in [1.807, 2.05) is 4.90 Å². The number of hydrogen-bond donors (Lipinski definition) is 2. The third kappa shape index (κ3) is 5.21. The molecule has 2 N–H and O–H groups in total. The number of carbonyl (C=O) groups is 2. The molecule has 0 aliphatic carbocycles. The number of nitrogens with zero attached hydrogens (tertiary/aromatic N) is 2. The number of benzene rings is 1. The third-order valence-electron chi connectivity index (χ3n) is 5.55. The molecule has 11 heteroatoms. The molecule has 4 rings (SSSR count). The van der Waals surface area contributed by atoms with Gasteiger partial charge in [-0.25, -0.2) is 13.2 Å². The number of hydrogen-bond acceptors (Lipinski definition) is 8.